The van der Waals surface area contributed by atoms with Crippen LogP contribution in [0.25, 0.3) is 0 Å². The molecule has 4 nitrogen and oxygen atoms in total. The van der Waals surface area contributed by atoms with Gasteiger partial charge in [0.25, 0.3) is 0 Å². The van der Waals surface area contributed by atoms with Crippen molar-refractivity contribution in [3.63, 3.8) is 0 Å². The molecule has 0 radical (unpaired) electrons. The van der Waals surface area contributed by atoms with Crippen molar-refractivity contribution in [3.05, 3.63) is 28.8 Å². The van der Waals surface area contributed by atoms with Gasteiger partial charge >= 0.3 is 0 Å². The van der Waals surface area contributed by atoms with Gasteiger partial charge in [-0.05, 0) is 31.5 Å². The van der Waals surface area contributed by atoms with Gasteiger partial charge in [0.1, 0.15) is 5.75 Å². The summed E-state index contributed by atoms with van der Waals surface area (Å²) in [6.07, 6.45) is 1.15. The summed E-state index contributed by atoms with van der Waals surface area (Å²) in [4.78, 5) is 0. The van der Waals surface area contributed by atoms with Crippen LogP contribution in [0.3, 0.4) is 0 Å². The van der Waals surface area contributed by atoms with Crippen molar-refractivity contribution in [2.24, 2.45) is 11.0 Å². The molecule has 0 aliphatic carbocycles. The number of hydrazone groups is 1. The maximum Gasteiger partial charge on any atom is 0.138 e. The van der Waals surface area contributed by atoms with Gasteiger partial charge in [0.2, 0.25) is 0 Å². The molecular formula is C15H20ClN3O. The second kappa shape index (κ2) is 5.62. The van der Waals surface area contributed by atoms with Crippen molar-refractivity contribution < 1.29 is 4.74 Å². The summed E-state index contributed by atoms with van der Waals surface area (Å²) in [7, 11) is 0. The largest absolute Gasteiger partial charge is 0.489 e. The molecule has 2 unspecified atom stereocenters. The lowest BCUT2D eigenvalue weighted by Crippen LogP contribution is -2.38. The van der Waals surface area contributed by atoms with Crippen LogP contribution < -0.4 is 15.5 Å². The van der Waals surface area contributed by atoms with Crippen LogP contribution in [0.4, 0.5) is 0 Å². The van der Waals surface area contributed by atoms with E-state index in [4.69, 9.17) is 16.3 Å². The number of benzene rings is 1. The average Bonchev–Trinajstić information content (AvgIpc) is 2.84. The quantitative estimate of drug-likeness (QED) is 0.901. The maximum atomic E-state index is 6.32. The summed E-state index contributed by atoms with van der Waals surface area (Å²) in [6, 6.07) is 6.23. The highest BCUT2D eigenvalue weighted by molar-refractivity contribution is 6.32. The normalized spacial score (nSPS) is 25.1. The number of rotatable bonds is 3. The Kier molecular flexibility index (Phi) is 3.85. The second-order valence-corrected chi connectivity index (χ2v) is 6.03. The smallest absolute Gasteiger partial charge is 0.138 e. The predicted octanol–water partition coefficient (Wildman–Crippen LogP) is 2.74. The number of hydrogen-bond acceptors (Lipinski definition) is 4. The molecule has 2 aliphatic rings. The first-order valence-electron chi connectivity index (χ1n) is 7.14. The number of hydrogen-bond donors (Lipinski definition) is 2. The zero-order chi connectivity index (χ0) is 14.1. The molecule has 1 fully saturated rings. The number of fused-ring (bicyclic) bond motifs is 1. The Morgan fingerprint density at radius 3 is 3.00 bits per heavy atom. The van der Waals surface area contributed by atoms with E-state index < -0.39 is 0 Å². The van der Waals surface area contributed by atoms with Crippen LogP contribution in [-0.4, -0.2) is 24.9 Å². The molecule has 2 atom stereocenters. The van der Waals surface area contributed by atoms with Crippen LogP contribution in [0.5, 0.6) is 5.75 Å². The van der Waals surface area contributed by atoms with Crippen molar-refractivity contribution in [2.45, 2.75) is 32.4 Å². The molecule has 0 aromatic heterocycles. The van der Waals surface area contributed by atoms with Crippen molar-refractivity contribution in [3.8, 4) is 5.75 Å². The Balaban J connectivity index is 1.80. The summed E-state index contributed by atoms with van der Waals surface area (Å²) in [5.41, 5.74) is 5.69. The molecule has 1 aromatic rings. The molecule has 108 valence electrons. The van der Waals surface area contributed by atoms with E-state index in [1.807, 2.05) is 26.0 Å². The fourth-order valence-electron chi connectivity index (χ4n) is 2.84. The van der Waals surface area contributed by atoms with Gasteiger partial charge in [-0.15, -0.1) is 0 Å². The highest BCUT2D eigenvalue weighted by Gasteiger charge is 2.34. The van der Waals surface area contributed by atoms with Crippen LogP contribution in [-0.2, 0) is 0 Å². The minimum Gasteiger partial charge on any atom is -0.489 e. The average molecular weight is 294 g/mol. The standard InChI is InChI=1S/C15H20ClN3O/c1-9(2)20-14-4-3-10(7-12(14)16)15-11-8-17-6-5-13(11)18-19-15/h3-4,7,9,11,15,17,19H,5-6,8H2,1-2H3. The first-order valence-corrected chi connectivity index (χ1v) is 7.51. The van der Waals surface area contributed by atoms with E-state index in [1.54, 1.807) is 0 Å². The van der Waals surface area contributed by atoms with E-state index in [2.05, 4.69) is 21.9 Å². The first kappa shape index (κ1) is 13.7. The number of ether oxygens (including phenoxy) is 1. The summed E-state index contributed by atoms with van der Waals surface area (Å²) in [6.45, 7) is 5.98. The molecule has 2 heterocycles. The van der Waals surface area contributed by atoms with Crippen LogP contribution in [0, 0.1) is 5.92 Å². The summed E-state index contributed by atoms with van der Waals surface area (Å²) < 4.78 is 5.68. The second-order valence-electron chi connectivity index (χ2n) is 5.63. The van der Waals surface area contributed by atoms with E-state index in [-0.39, 0.29) is 12.1 Å². The number of nitrogens with one attached hydrogen (secondary N) is 2. The summed E-state index contributed by atoms with van der Waals surface area (Å²) in [5.74, 6) is 1.17. The van der Waals surface area contributed by atoms with E-state index in [0.29, 0.717) is 10.9 Å². The van der Waals surface area contributed by atoms with Crippen molar-refractivity contribution >= 4 is 17.3 Å². The highest BCUT2D eigenvalue weighted by Crippen LogP contribution is 2.34. The van der Waals surface area contributed by atoms with Gasteiger partial charge in [0, 0.05) is 31.1 Å². The first-order chi connectivity index (χ1) is 9.65. The molecule has 0 saturated carbocycles. The lowest BCUT2D eigenvalue weighted by molar-refractivity contribution is 0.242. The van der Waals surface area contributed by atoms with Gasteiger partial charge in [-0.25, -0.2) is 0 Å². The molecule has 3 rings (SSSR count). The fourth-order valence-corrected chi connectivity index (χ4v) is 3.07. The Labute approximate surface area is 124 Å². The molecule has 20 heavy (non-hydrogen) atoms. The van der Waals surface area contributed by atoms with E-state index in [9.17, 15) is 0 Å². The molecule has 0 spiro atoms. The van der Waals surface area contributed by atoms with Crippen LogP contribution >= 0.6 is 11.6 Å². The third-order valence-corrected chi connectivity index (χ3v) is 4.07. The van der Waals surface area contributed by atoms with Crippen molar-refractivity contribution in [2.75, 3.05) is 13.1 Å². The van der Waals surface area contributed by atoms with Crippen molar-refractivity contribution in [1.82, 2.24) is 10.7 Å². The molecule has 2 aliphatic heterocycles. The molecule has 2 N–H and O–H groups in total. The summed E-state index contributed by atoms with van der Waals surface area (Å²) in [5, 5.41) is 8.56. The summed E-state index contributed by atoms with van der Waals surface area (Å²) >= 11 is 6.32. The predicted molar refractivity (Wildman–Crippen MR) is 81.5 cm³/mol. The van der Waals surface area contributed by atoms with Gasteiger partial charge < -0.3 is 15.5 Å². The number of halogens is 1. The zero-order valence-corrected chi connectivity index (χ0v) is 12.6. The van der Waals surface area contributed by atoms with Crippen LogP contribution in [0.1, 0.15) is 31.9 Å². The third-order valence-electron chi connectivity index (χ3n) is 3.78. The van der Waals surface area contributed by atoms with Crippen LogP contribution in [0.2, 0.25) is 5.02 Å². The number of nitrogens with zero attached hydrogens (tertiary/aromatic N) is 1. The molecule has 5 heteroatoms. The third kappa shape index (κ3) is 2.63. The maximum absolute atomic E-state index is 6.32. The monoisotopic (exact) mass is 293 g/mol. The fraction of sp³-hybridized carbons (Fsp3) is 0.533. The highest BCUT2D eigenvalue weighted by atomic mass is 35.5. The van der Waals surface area contributed by atoms with Crippen molar-refractivity contribution in [1.29, 1.82) is 0 Å². The Morgan fingerprint density at radius 1 is 1.40 bits per heavy atom. The molecular weight excluding hydrogens is 274 g/mol. The lowest BCUT2D eigenvalue weighted by atomic mass is 9.87. The molecule has 0 bridgehead atoms. The topological polar surface area (TPSA) is 45.6 Å². The van der Waals surface area contributed by atoms with E-state index in [1.165, 1.54) is 11.3 Å². The number of piperidine rings is 1. The van der Waals surface area contributed by atoms with Crippen LogP contribution in [0.15, 0.2) is 23.3 Å². The van der Waals surface area contributed by atoms with Gasteiger partial charge in [-0.3, -0.25) is 0 Å². The zero-order valence-electron chi connectivity index (χ0n) is 11.8. The van der Waals surface area contributed by atoms with Gasteiger partial charge in [0.05, 0.1) is 17.2 Å². The van der Waals surface area contributed by atoms with E-state index >= 15 is 0 Å². The minimum atomic E-state index is 0.125. The lowest BCUT2D eigenvalue weighted by Gasteiger charge is -2.25. The Hall–Kier alpha value is -1.26. The van der Waals surface area contributed by atoms with E-state index in [0.717, 1.165) is 25.3 Å². The Morgan fingerprint density at radius 2 is 2.25 bits per heavy atom. The SMILES string of the molecule is CC(C)Oc1ccc(C2NN=C3CCNCC32)cc1Cl. The van der Waals surface area contributed by atoms with Gasteiger partial charge in [0.15, 0.2) is 0 Å². The molecule has 0 amide bonds. The Bertz CT molecular complexity index is 530. The molecule has 1 saturated heterocycles. The minimum absolute atomic E-state index is 0.125. The van der Waals surface area contributed by atoms with Gasteiger partial charge in [-0.2, -0.15) is 5.10 Å². The molecule has 1 aromatic carbocycles. The van der Waals surface area contributed by atoms with Gasteiger partial charge in [-0.1, -0.05) is 17.7 Å².